The number of unbranched alkanes of at least 4 members (excludes halogenated alkanes) is 1. The Labute approximate surface area is 113 Å². The van der Waals surface area contributed by atoms with Crippen molar-refractivity contribution in [3.63, 3.8) is 0 Å². The van der Waals surface area contributed by atoms with E-state index in [1.807, 2.05) is 5.51 Å². The van der Waals surface area contributed by atoms with Crippen LogP contribution in [0.3, 0.4) is 0 Å². The van der Waals surface area contributed by atoms with Crippen LogP contribution in [0.4, 0.5) is 0 Å². The van der Waals surface area contributed by atoms with E-state index in [2.05, 4.69) is 20.6 Å². The predicted molar refractivity (Wildman–Crippen MR) is 74.7 cm³/mol. The van der Waals surface area contributed by atoms with Crippen molar-refractivity contribution in [1.82, 2.24) is 15.2 Å². The van der Waals surface area contributed by atoms with Crippen molar-refractivity contribution in [2.75, 3.05) is 26.2 Å². The van der Waals surface area contributed by atoms with Gasteiger partial charge in [0.1, 0.15) is 0 Å². The van der Waals surface area contributed by atoms with Gasteiger partial charge >= 0.3 is 0 Å². The standard InChI is InChI=1S/C13H23N3OS/c17-9-13-4-3-7-16(13)6-2-1-5-14-8-12-10-18-11-15-12/h10-11,13-14,17H,1-9H2. The van der Waals surface area contributed by atoms with E-state index in [0.717, 1.165) is 31.9 Å². The summed E-state index contributed by atoms with van der Waals surface area (Å²) in [5, 5.41) is 14.7. The third kappa shape index (κ3) is 4.31. The van der Waals surface area contributed by atoms with Gasteiger partial charge in [-0.3, -0.25) is 4.90 Å². The summed E-state index contributed by atoms with van der Waals surface area (Å²) in [5.41, 5.74) is 3.01. The van der Waals surface area contributed by atoms with Gasteiger partial charge in [0.15, 0.2) is 0 Å². The summed E-state index contributed by atoms with van der Waals surface area (Å²) in [7, 11) is 0. The highest BCUT2D eigenvalue weighted by atomic mass is 32.1. The van der Waals surface area contributed by atoms with E-state index in [0.29, 0.717) is 12.6 Å². The zero-order valence-electron chi connectivity index (χ0n) is 10.8. The molecule has 2 N–H and O–H groups in total. The number of aliphatic hydroxyl groups is 1. The number of aromatic nitrogens is 1. The molecule has 4 nitrogen and oxygen atoms in total. The van der Waals surface area contributed by atoms with Crippen LogP contribution < -0.4 is 5.32 Å². The molecule has 1 fully saturated rings. The van der Waals surface area contributed by atoms with Crippen LogP contribution in [0.5, 0.6) is 0 Å². The molecule has 1 aromatic heterocycles. The normalized spacial score (nSPS) is 20.6. The Morgan fingerprint density at radius 3 is 3.22 bits per heavy atom. The summed E-state index contributed by atoms with van der Waals surface area (Å²) in [5.74, 6) is 0. The molecular formula is C13H23N3OS. The molecule has 2 rings (SSSR count). The van der Waals surface area contributed by atoms with Gasteiger partial charge in [-0.1, -0.05) is 0 Å². The van der Waals surface area contributed by atoms with Crippen molar-refractivity contribution < 1.29 is 5.11 Å². The monoisotopic (exact) mass is 269 g/mol. The molecule has 1 aliphatic heterocycles. The van der Waals surface area contributed by atoms with E-state index in [1.54, 1.807) is 11.3 Å². The van der Waals surface area contributed by atoms with Crippen molar-refractivity contribution in [2.24, 2.45) is 0 Å². The number of nitrogens with zero attached hydrogens (tertiary/aromatic N) is 2. The minimum absolute atomic E-state index is 0.322. The summed E-state index contributed by atoms with van der Waals surface area (Å²) in [6, 6.07) is 0.424. The zero-order chi connectivity index (χ0) is 12.6. The first-order chi connectivity index (χ1) is 8.90. The highest BCUT2D eigenvalue weighted by Crippen LogP contribution is 2.16. The van der Waals surface area contributed by atoms with Gasteiger partial charge in [-0.05, 0) is 45.3 Å². The maximum absolute atomic E-state index is 9.22. The third-order valence-electron chi connectivity index (χ3n) is 3.55. The van der Waals surface area contributed by atoms with Crippen LogP contribution in [0.25, 0.3) is 0 Å². The molecule has 0 aromatic carbocycles. The van der Waals surface area contributed by atoms with E-state index in [4.69, 9.17) is 0 Å². The van der Waals surface area contributed by atoms with E-state index in [-0.39, 0.29) is 0 Å². The maximum Gasteiger partial charge on any atom is 0.0795 e. The van der Waals surface area contributed by atoms with Gasteiger partial charge in [-0.15, -0.1) is 11.3 Å². The van der Waals surface area contributed by atoms with Gasteiger partial charge in [-0.25, -0.2) is 4.98 Å². The molecule has 1 aliphatic rings. The van der Waals surface area contributed by atoms with Gasteiger partial charge in [-0.2, -0.15) is 0 Å². The molecular weight excluding hydrogens is 246 g/mol. The van der Waals surface area contributed by atoms with Crippen LogP contribution in [0.2, 0.25) is 0 Å². The number of likely N-dealkylation sites (tertiary alicyclic amines) is 1. The molecule has 102 valence electrons. The summed E-state index contributed by atoms with van der Waals surface area (Å²) in [6.07, 6.45) is 4.81. The number of hydrogen-bond acceptors (Lipinski definition) is 5. The van der Waals surface area contributed by atoms with Gasteiger partial charge in [0.25, 0.3) is 0 Å². The Morgan fingerprint density at radius 1 is 1.50 bits per heavy atom. The lowest BCUT2D eigenvalue weighted by atomic mass is 10.2. The van der Waals surface area contributed by atoms with E-state index in [9.17, 15) is 5.11 Å². The third-order valence-corrected chi connectivity index (χ3v) is 4.18. The lowest BCUT2D eigenvalue weighted by Gasteiger charge is -2.22. The van der Waals surface area contributed by atoms with Crippen LogP contribution in [0.1, 0.15) is 31.4 Å². The first kappa shape index (κ1) is 13.9. The molecule has 0 amide bonds. The van der Waals surface area contributed by atoms with E-state index in [1.165, 1.54) is 25.7 Å². The molecule has 5 heteroatoms. The fourth-order valence-electron chi connectivity index (χ4n) is 2.50. The minimum atomic E-state index is 0.322. The summed E-state index contributed by atoms with van der Waals surface area (Å²) < 4.78 is 0. The van der Waals surface area contributed by atoms with E-state index < -0.39 is 0 Å². The molecule has 0 aliphatic carbocycles. The number of hydrogen-bond donors (Lipinski definition) is 2. The van der Waals surface area contributed by atoms with Crippen LogP contribution in [-0.2, 0) is 6.54 Å². The SMILES string of the molecule is OCC1CCCN1CCCCNCc1cscn1. The second kappa shape index (κ2) is 7.84. The molecule has 0 radical (unpaired) electrons. The summed E-state index contributed by atoms with van der Waals surface area (Å²) in [6.45, 7) is 4.55. The predicted octanol–water partition coefficient (Wildman–Crippen LogP) is 1.47. The van der Waals surface area contributed by atoms with E-state index >= 15 is 0 Å². The average Bonchev–Trinajstić information content (AvgIpc) is 3.04. The topological polar surface area (TPSA) is 48.4 Å². The number of nitrogens with one attached hydrogen (secondary N) is 1. The lowest BCUT2D eigenvalue weighted by Crippen LogP contribution is -2.33. The molecule has 1 unspecified atom stereocenters. The first-order valence-corrected chi connectivity index (χ1v) is 7.77. The average molecular weight is 269 g/mol. The Morgan fingerprint density at radius 2 is 2.44 bits per heavy atom. The zero-order valence-corrected chi connectivity index (χ0v) is 11.7. The highest BCUT2D eigenvalue weighted by molar-refractivity contribution is 7.07. The Balaban J connectivity index is 1.48. The van der Waals surface area contributed by atoms with Crippen molar-refractivity contribution in [2.45, 2.75) is 38.3 Å². The largest absolute Gasteiger partial charge is 0.395 e. The van der Waals surface area contributed by atoms with Crippen LogP contribution >= 0.6 is 11.3 Å². The van der Waals surface area contributed by atoms with Crippen molar-refractivity contribution >= 4 is 11.3 Å². The molecule has 1 saturated heterocycles. The summed E-state index contributed by atoms with van der Waals surface area (Å²) >= 11 is 1.65. The molecule has 1 aromatic rings. The molecule has 0 spiro atoms. The van der Waals surface area contributed by atoms with Crippen LogP contribution in [-0.4, -0.2) is 47.3 Å². The molecule has 0 bridgehead atoms. The number of aliphatic hydroxyl groups excluding tert-OH is 1. The molecule has 18 heavy (non-hydrogen) atoms. The highest BCUT2D eigenvalue weighted by Gasteiger charge is 2.22. The Kier molecular flexibility index (Phi) is 6.07. The number of rotatable bonds is 8. The smallest absolute Gasteiger partial charge is 0.0795 e. The maximum atomic E-state index is 9.22. The van der Waals surface area contributed by atoms with Crippen LogP contribution in [0.15, 0.2) is 10.9 Å². The number of thiazole rings is 1. The quantitative estimate of drug-likeness (QED) is 0.702. The van der Waals surface area contributed by atoms with Crippen LogP contribution in [0, 0.1) is 0 Å². The molecule has 1 atom stereocenters. The Bertz CT molecular complexity index is 318. The summed E-state index contributed by atoms with van der Waals surface area (Å²) in [4.78, 5) is 6.67. The van der Waals surface area contributed by atoms with Crippen molar-refractivity contribution in [1.29, 1.82) is 0 Å². The fraction of sp³-hybridized carbons (Fsp3) is 0.769. The van der Waals surface area contributed by atoms with Crippen molar-refractivity contribution in [3.8, 4) is 0 Å². The van der Waals surface area contributed by atoms with Gasteiger partial charge in [0.2, 0.25) is 0 Å². The van der Waals surface area contributed by atoms with Crippen molar-refractivity contribution in [3.05, 3.63) is 16.6 Å². The van der Waals surface area contributed by atoms with Gasteiger partial charge in [0, 0.05) is 18.0 Å². The second-order valence-corrected chi connectivity index (χ2v) is 5.60. The fourth-order valence-corrected chi connectivity index (χ4v) is 3.06. The molecule has 0 saturated carbocycles. The van der Waals surface area contributed by atoms with Gasteiger partial charge < -0.3 is 10.4 Å². The molecule has 2 heterocycles. The first-order valence-electron chi connectivity index (χ1n) is 6.83. The lowest BCUT2D eigenvalue weighted by molar-refractivity contribution is 0.157. The Hall–Kier alpha value is -0.490. The van der Waals surface area contributed by atoms with Gasteiger partial charge in [0.05, 0.1) is 17.8 Å². The second-order valence-electron chi connectivity index (χ2n) is 4.88. The minimum Gasteiger partial charge on any atom is -0.395 e.